The number of amides is 2. The van der Waals surface area contributed by atoms with Crippen molar-refractivity contribution in [3.05, 3.63) is 63.7 Å². The summed E-state index contributed by atoms with van der Waals surface area (Å²) in [7, 11) is -8.09. The van der Waals surface area contributed by atoms with Crippen molar-refractivity contribution in [3.63, 3.8) is 0 Å². The summed E-state index contributed by atoms with van der Waals surface area (Å²) in [5.74, 6) is -0.884. The Morgan fingerprint density at radius 2 is 1.81 bits per heavy atom. The number of nitro benzene ring substituents is 1. The number of fused-ring (bicyclic) bond motifs is 1. The molecule has 2 atom stereocenters. The van der Waals surface area contributed by atoms with Crippen LogP contribution in [0.4, 0.5) is 5.69 Å². The lowest BCUT2D eigenvalue weighted by atomic mass is 10.1. The topological polar surface area (TPSA) is 176 Å². The molecule has 0 spiro atoms. The molecule has 5 rings (SSSR count). The summed E-state index contributed by atoms with van der Waals surface area (Å²) in [6.45, 7) is 0.276. The first-order valence-electron chi connectivity index (χ1n) is 13.4. The summed E-state index contributed by atoms with van der Waals surface area (Å²) in [5, 5.41) is 12.2. The van der Waals surface area contributed by atoms with Gasteiger partial charge in [0.2, 0.25) is 21.8 Å². The highest BCUT2D eigenvalue weighted by molar-refractivity contribution is 7.91. The Bertz CT molecular complexity index is 1800. The summed E-state index contributed by atoms with van der Waals surface area (Å²) in [4.78, 5) is 39.4. The summed E-state index contributed by atoms with van der Waals surface area (Å²) in [6, 6.07) is 9.73. The second kappa shape index (κ2) is 12.5. The number of hydrogen-bond acceptors (Lipinski definition) is 9. The lowest BCUT2D eigenvalue weighted by Crippen LogP contribution is -2.55. The van der Waals surface area contributed by atoms with Gasteiger partial charge in [0.05, 0.1) is 16.4 Å². The standard InChI is InChI=1S/C26H28ClN5O8S3/c27-18-8-9-23-17(12-18)13-25(41-23)43(39,40)29-22-7-3-10-30(26(22)34)16-24(33)31-11-2-5-20(31)15-28-42(37,38)21-6-1-4-19(14-21)32(35)36/h1,4,6,8-9,12-14,20,22,28-29H,2-3,5,7,10-11,15-16H2/t20-,22?/m0/s1. The fraction of sp³-hybridized carbons (Fsp3) is 0.385. The first-order chi connectivity index (χ1) is 20.3. The van der Waals surface area contributed by atoms with Crippen LogP contribution < -0.4 is 9.44 Å². The van der Waals surface area contributed by atoms with E-state index < -0.39 is 43.0 Å². The number of carbonyl (C=O) groups is 2. The van der Waals surface area contributed by atoms with E-state index in [2.05, 4.69) is 9.44 Å². The Morgan fingerprint density at radius 1 is 1.05 bits per heavy atom. The molecule has 230 valence electrons. The minimum atomic E-state index is -4.08. The number of benzene rings is 2. The third-order valence-electron chi connectivity index (χ3n) is 7.42. The number of piperidine rings is 1. The molecule has 2 N–H and O–H groups in total. The molecular weight excluding hydrogens is 642 g/mol. The molecule has 0 bridgehead atoms. The molecule has 1 unspecified atom stereocenters. The van der Waals surface area contributed by atoms with E-state index in [1.807, 2.05) is 0 Å². The van der Waals surface area contributed by atoms with E-state index in [1.165, 1.54) is 34.1 Å². The fourth-order valence-electron chi connectivity index (χ4n) is 5.26. The van der Waals surface area contributed by atoms with Crippen LogP contribution in [0.1, 0.15) is 25.7 Å². The van der Waals surface area contributed by atoms with E-state index in [1.54, 1.807) is 18.2 Å². The van der Waals surface area contributed by atoms with Crippen molar-refractivity contribution in [2.24, 2.45) is 0 Å². The van der Waals surface area contributed by atoms with Crippen molar-refractivity contribution in [2.45, 2.75) is 46.9 Å². The van der Waals surface area contributed by atoms with Crippen LogP contribution in [0.15, 0.2) is 57.6 Å². The van der Waals surface area contributed by atoms with Crippen LogP contribution >= 0.6 is 22.9 Å². The number of nitrogens with one attached hydrogen (secondary N) is 2. The number of likely N-dealkylation sites (tertiary alicyclic amines) is 2. The van der Waals surface area contributed by atoms with Gasteiger partial charge in [-0.3, -0.25) is 19.7 Å². The molecule has 0 radical (unpaired) electrons. The largest absolute Gasteiger partial charge is 0.337 e. The summed E-state index contributed by atoms with van der Waals surface area (Å²) < 4.78 is 57.5. The molecule has 0 aliphatic carbocycles. The Morgan fingerprint density at radius 3 is 2.58 bits per heavy atom. The number of nitrogens with zero attached hydrogens (tertiary/aromatic N) is 3. The fourth-order valence-corrected chi connectivity index (χ4v) is 9.17. The SMILES string of the molecule is O=C1C(NS(=O)(=O)c2cc3cc(Cl)ccc3s2)CCCN1CC(=O)N1CCC[C@H]1CNS(=O)(=O)c1cccc([N+](=O)[O-])c1. The van der Waals surface area contributed by atoms with Crippen molar-refractivity contribution in [1.29, 1.82) is 0 Å². The molecule has 3 aromatic rings. The van der Waals surface area contributed by atoms with E-state index in [4.69, 9.17) is 11.6 Å². The van der Waals surface area contributed by atoms with Crippen LogP contribution in [0.3, 0.4) is 0 Å². The zero-order valence-corrected chi connectivity index (χ0v) is 25.8. The first-order valence-corrected chi connectivity index (χ1v) is 17.5. The van der Waals surface area contributed by atoms with Crippen LogP contribution in [-0.4, -0.2) is 81.6 Å². The van der Waals surface area contributed by atoms with E-state index in [9.17, 15) is 36.5 Å². The molecule has 2 aliphatic rings. The number of thiophene rings is 1. The zero-order chi connectivity index (χ0) is 30.9. The van der Waals surface area contributed by atoms with Gasteiger partial charge < -0.3 is 9.80 Å². The molecule has 3 heterocycles. The van der Waals surface area contributed by atoms with Gasteiger partial charge in [-0.15, -0.1) is 11.3 Å². The van der Waals surface area contributed by atoms with Gasteiger partial charge in [-0.1, -0.05) is 17.7 Å². The maximum Gasteiger partial charge on any atom is 0.270 e. The number of carbonyl (C=O) groups excluding carboxylic acids is 2. The van der Waals surface area contributed by atoms with Gasteiger partial charge >= 0.3 is 0 Å². The van der Waals surface area contributed by atoms with E-state index >= 15 is 0 Å². The molecule has 43 heavy (non-hydrogen) atoms. The number of halogens is 1. The normalized spacial score (nSPS) is 19.7. The molecule has 2 fully saturated rings. The van der Waals surface area contributed by atoms with Crippen molar-refractivity contribution in [1.82, 2.24) is 19.2 Å². The Hall–Kier alpha value is -3.15. The summed E-state index contributed by atoms with van der Waals surface area (Å²) in [5.41, 5.74) is -0.360. The van der Waals surface area contributed by atoms with Crippen molar-refractivity contribution >= 4 is 70.6 Å². The molecule has 2 saturated heterocycles. The van der Waals surface area contributed by atoms with E-state index in [-0.39, 0.29) is 46.8 Å². The minimum Gasteiger partial charge on any atom is -0.337 e. The van der Waals surface area contributed by atoms with Crippen LogP contribution in [0.5, 0.6) is 0 Å². The molecule has 2 aliphatic heterocycles. The van der Waals surface area contributed by atoms with Crippen LogP contribution in [0, 0.1) is 10.1 Å². The highest BCUT2D eigenvalue weighted by Gasteiger charge is 2.36. The molecule has 17 heteroatoms. The maximum atomic E-state index is 13.3. The van der Waals surface area contributed by atoms with Gasteiger partial charge in [0.25, 0.3) is 15.7 Å². The first kappa shape index (κ1) is 31.3. The zero-order valence-electron chi connectivity index (χ0n) is 22.6. The smallest absolute Gasteiger partial charge is 0.270 e. The second-order valence-electron chi connectivity index (χ2n) is 10.3. The number of non-ortho nitro benzene ring substituents is 1. The summed E-state index contributed by atoms with van der Waals surface area (Å²) >= 11 is 7.08. The number of nitro groups is 1. The van der Waals surface area contributed by atoms with Gasteiger partial charge in [0.15, 0.2) is 0 Å². The van der Waals surface area contributed by atoms with E-state index in [0.29, 0.717) is 36.2 Å². The maximum absolute atomic E-state index is 13.3. The van der Waals surface area contributed by atoms with Crippen molar-refractivity contribution < 1.29 is 31.3 Å². The van der Waals surface area contributed by atoms with Gasteiger partial charge in [-0.25, -0.2) is 21.6 Å². The van der Waals surface area contributed by atoms with Gasteiger partial charge in [-0.2, -0.15) is 4.72 Å². The highest BCUT2D eigenvalue weighted by Crippen LogP contribution is 2.31. The van der Waals surface area contributed by atoms with Crippen LogP contribution in [0.2, 0.25) is 5.02 Å². The van der Waals surface area contributed by atoms with Crippen LogP contribution in [0.25, 0.3) is 10.1 Å². The average molecular weight is 670 g/mol. The Balaban J connectivity index is 1.20. The molecule has 2 aromatic carbocycles. The van der Waals surface area contributed by atoms with Crippen molar-refractivity contribution in [3.8, 4) is 0 Å². The van der Waals surface area contributed by atoms with Gasteiger partial charge in [0, 0.05) is 47.5 Å². The lowest BCUT2D eigenvalue weighted by Gasteiger charge is -2.34. The van der Waals surface area contributed by atoms with Crippen molar-refractivity contribution in [2.75, 3.05) is 26.2 Å². The second-order valence-corrected chi connectivity index (χ2v) is 15.5. The lowest BCUT2D eigenvalue weighted by molar-refractivity contribution is -0.385. The van der Waals surface area contributed by atoms with E-state index in [0.717, 1.165) is 22.1 Å². The third-order valence-corrected chi connectivity index (χ3v) is 12.1. The molecule has 1 aromatic heterocycles. The molecular formula is C26H28ClN5O8S3. The number of hydrogen-bond donors (Lipinski definition) is 2. The molecule has 2 amide bonds. The number of rotatable bonds is 10. The van der Waals surface area contributed by atoms with Gasteiger partial charge in [-0.05, 0) is 61.4 Å². The molecule has 0 saturated carbocycles. The minimum absolute atomic E-state index is 0.0539. The Labute approximate surface area is 257 Å². The highest BCUT2D eigenvalue weighted by atomic mass is 35.5. The average Bonchev–Trinajstić information content (AvgIpc) is 3.61. The monoisotopic (exact) mass is 669 g/mol. The quantitative estimate of drug-likeness (QED) is 0.245. The van der Waals surface area contributed by atoms with Gasteiger partial charge in [0.1, 0.15) is 10.3 Å². The summed E-state index contributed by atoms with van der Waals surface area (Å²) in [6.07, 6.45) is 1.93. The predicted octanol–water partition coefficient (Wildman–Crippen LogP) is 2.70. The third kappa shape index (κ3) is 6.99. The Kier molecular flexibility index (Phi) is 9.06. The predicted molar refractivity (Wildman–Crippen MR) is 160 cm³/mol. The van der Waals surface area contributed by atoms with Crippen LogP contribution in [-0.2, 0) is 29.6 Å². The molecule has 13 nitrogen and oxygen atoms in total. The number of sulfonamides is 2.